The van der Waals surface area contributed by atoms with Crippen LogP contribution in [0.3, 0.4) is 0 Å². The summed E-state index contributed by atoms with van der Waals surface area (Å²) in [6.45, 7) is 0. The number of fused-ring (bicyclic) bond motifs is 2. The van der Waals surface area contributed by atoms with Crippen molar-refractivity contribution in [3.05, 3.63) is 22.6 Å². The second-order valence-corrected chi connectivity index (χ2v) is 5.51. The number of furan rings is 1. The van der Waals surface area contributed by atoms with Gasteiger partial charge in [0.25, 0.3) is 0 Å². The molecule has 0 amide bonds. The van der Waals surface area contributed by atoms with Gasteiger partial charge in [-0.1, -0.05) is 0 Å². The Hall–Kier alpha value is -0.830. The van der Waals surface area contributed by atoms with Gasteiger partial charge in [0.2, 0.25) is 0 Å². The Labute approximate surface area is 107 Å². The minimum Gasteiger partial charge on any atom is -0.452 e. The summed E-state index contributed by atoms with van der Waals surface area (Å²) in [5.41, 5.74) is -0.847. The normalized spacial score (nSPS) is 37.0. The molecular formula is C12H12BrNO3. The molecule has 4 nitrogen and oxygen atoms in total. The molecule has 0 aromatic carbocycles. The molecule has 0 aliphatic carbocycles. The summed E-state index contributed by atoms with van der Waals surface area (Å²) in [4.78, 5) is 0. The molecule has 90 valence electrons. The number of rotatable bonds is 2. The van der Waals surface area contributed by atoms with Gasteiger partial charge in [-0.05, 0) is 47.3 Å². The van der Waals surface area contributed by atoms with E-state index in [1.54, 1.807) is 12.1 Å². The number of halogens is 1. The lowest BCUT2D eigenvalue weighted by Gasteiger charge is -2.31. The van der Waals surface area contributed by atoms with Gasteiger partial charge in [0.15, 0.2) is 4.67 Å². The van der Waals surface area contributed by atoms with Crippen LogP contribution in [0, 0.1) is 16.7 Å². The van der Waals surface area contributed by atoms with Crippen molar-refractivity contribution in [2.45, 2.75) is 37.6 Å². The fourth-order valence-electron chi connectivity index (χ4n) is 2.94. The van der Waals surface area contributed by atoms with E-state index in [1.165, 1.54) is 0 Å². The maximum absolute atomic E-state index is 10.4. The smallest absolute Gasteiger partial charge is 0.169 e. The molecule has 3 rings (SSSR count). The number of ether oxygens (including phenoxy) is 1. The fourth-order valence-corrected chi connectivity index (χ4v) is 3.26. The summed E-state index contributed by atoms with van der Waals surface area (Å²) >= 11 is 3.20. The van der Waals surface area contributed by atoms with Crippen molar-refractivity contribution in [1.82, 2.24) is 0 Å². The van der Waals surface area contributed by atoms with Crippen molar-refractivity contribution in [1.29, 1.82) is 5.26 Å². The van der Waals surface area contributed by atoms with Crippen LogP contribution in [0.25, 0.3) is 0 Å². The van der Waals surface area contributed by atoms with E-state index >= 15 is 0 Å². The zero-order chi connectivity index (χ0) is 12.0. The minimum atomic E-state index is -0.922. The Bertz CT molecular complexity index is 480. The third-order valence-electron chi connectivity index (χ3n) is 3.81. The quantitative estimate of drug-likeness (QED) is 0.911. The Balaban J connectivity index is 1.94. The molecule has 2 saturated heterocycles. The zero-order valence-electron chi connectivity index (χ0n) is 9.10. The molecule has 2 aliphatic heterocycles. The van der Waals surface area contributed by atoms with E-state index in [0.717, 1.165) is 12.8 Å². The van der Waals surface area contributed by atoms with Crippen LogP contribution < -0.4 is 0 Å². The minimum absolute atomic E-state index is 0.118. The number of nitrogens with zero attached hydrogens (tertiary/aromatic N) is 1. The highest BCUT2D eigenvalue weighted by molar-refractivity contribution is 9.10. The molecule has 2 bridgehead atoms. The average molecular weight is 298 g/mol. The highest BCUT2D eigenvalue weighted by Gasteiger charge is 2.58. The van der Waals surface area contributed by atoms with Gasteiger partial charge in [-0.15, -0.1) is 0 Å². The zero-order valence-corrected chi connectivity index (χ0v) is 10.7. The molecule has 0 radical (unpaired) electrons. The van der Waals surface area contributed by atoms with Gasteiger partial charge < -0.3 is 14.3 Å². The monoisotopic (exact) mass is 297 g/mol. The Morgan fingerprint density at radius 1 is 1.53 bits per heavy atom. The topological polar surface area (TPSA) is 66.4 Å². The van der Waals surface area contributed by atoms with Crippen LogP contribution in [0.2, 0.25) is 0 Å². The third-order valence-corrected chi connectivity index (χ3v) is 4.23. The summed E-state index contributed by atoms with van der Waals surface area (Å²) in [5.74, 6) is 0.426. The van der Waals surface area contributed by atoms with Crippen molar-refractivity contribution in [3.8, 4) is 6.07 Å². The van der Waals surface area contributed by atoms with Crippen LogP contribution in [0.15, 0.2) is 21.2 Å². The first-order chi connectivity index (χ1) is 8.15. The number of nitriles is 1. The molecule has 5 heteroatoms. The standard InChI is InChI=1S/C12H12BrNO3/c13-10-4-2-8(17-10)11(15)12(6-14)5-7-1-3-9(12)16-7/h2,4,7,9,11,15H,1,3,5H2. The maximum atomic E-state index is 10.4. The van der Waals surface area contributed by atoms with E-state index in [2.05, 4.69) is 22.0 Å². The van der Waals surface area contributed by atoms with Gasteiger partial charge in [0.1, 0.15) is 17.3 Å². The van der Waals surface area contributed by atoms with E-state index in [1.807, 2.05) is 0 Å². The Morgan fingerprint density at radius 2 is 2.35 bits per heavy atom. The summed E-state index contributed by atoms with van der Waals surface area (Å²) < 4.78 is 11.6. The lowest BCUT2D eigenvalue weighted by atomic mass is 9.70. The average Bonchev–Trinajstić information content (AvgIpc) is 3.02. The summed E-state index contributed by atoms with van der Waals surface area (Å²) in [5, 5.41) is 19.8. The lowest BCUT2D eigenvalue weighted by molar-refractivity contribution is -0.00796. The SMILES string of the molecule is N#CC1(C(O)c2ccc(Br)o2)CC2CCC1O2. The summed E-state index contributed by atoms with van der Waals surface area (Å²) in [6, 6.07) is 5.68. The molecule has 2 fully saturated rings. The molecule has 1 aromatic heterocycles. The first-order valence-electron chi connectivity index (χ1n) is 5.66. The number of aliphatic hydroxyl groups is 1. The predicted molar refractivity (Wildman–Crippen MR) is 61.9 cm³/mol. The number of hydrogen-bond acceptors (Lipinski definition) is 4. The number of hydrogen-bond donors (Lipinski definition) is 1. The number of aliphatic hydroxyl groups excluding tert-OH is 1. The molecule has 0 spiro atoms. The van der Waals surface area contributed by atoms with Crippen LogP contribution >= 0.6 is 15.9 Å². The van der Waals surface area contributed by atoms with Gasteiger partial charge in [-0.3, -0.25) is 0 Å². The van der Waals surface area contributed by atoms with Crippen molar-refractivity contribution in [2.75, 3.05) is 0 Å². The second kappa shape index (κ2) is 3.84. The van der Waals surface area contributed by atoms with E-state index < -0.39 is 11.5 Å². The highest BCUT2D eigenvalue weighted by atomic mass is 79.9. The molecule has 1 aromatic rings. The molecule has 1 N–H and O–H groups in total. The molecule has 2 aliphatic rings. The first kappa shape index (κ1) is 11.3. The van der Waals surface area contributed by atoms with Gasteiger partial charge in [0, 0.05) is 0 Å². The van der Waals surface area contributed by atoms with Crippen molar-refractivity contribution in [2.24, 2.45) is 5.41 Å². The van der Waals surface area contributed by atoms with Crippen LogP contribution in [0.1, 0.15) is 31.1 Å². The van der Waals surface area contributed by atoms with E-state index in [-0.39, 0.29) is 12.2 Å². The molecule has 3 heterocycles. The van der Waals surface area contributed by atoms with Gasteiger partial charge in [0.05, 0.1) is 18.3 Å². The molecule has 0 saturated carbocycles. The van der Waals surface area contributed by atoms with Crippen LogP contribution in [-0.2, 0) is 4.74 Å². The van der Waals surface area contributed by atoms with Crippen molar-refractivity contribution < 1.29 is 14.3 Å². The van der Waals surface area contributed by atoms with E-state index in [4.69, 9.17) is 9.15 Å². The van der Waals surface area contributed by atoms with Gasteiger partial charge >= 0.3 is 0 Å². The molecule has 4 atom stereocenters. The maximum Gasteiger partial charge on any atom is 0.169 e. The largest absolute Gasteiger partial charge is 0.452 e. The van der Waals surface area contributed by atoms with Crippen molar-refractivity contribution in [3.63, 3.8) is 0 Å². The van der Waals surface area contributed by atoms with E-state index in [9.17, 15) is 10.4 Å². The fraction of sp³-hybridized carbons (Fsp3) is 0.583. The highest BCUT2D eigenvalue weighted by Crippen LogP contribution is 2.54. The summed E-state index contributed by atoms with van der Waals surface area (Å²) in [7, 11) is 0. The van der Waals surface area contributed by atoms with Crippen LogP contribution in [-0.4, -0.2) is 17.3 Å². The molecular weight excluding hydrogens is 286 g/mol. The van der Waals surface area contributed by atoms with Gasteiger partial charge in [-0.2, -0.15) is 5.26 Å². The molecule has 4 unspecified atom stereocenters. The van der Waals surface area contributed by atoms with Crippen LogP contribution in [0.4, 0.5) is 0 Å². The lowest BCUT2D eigenvalue weighted by Crippen LogP contribution is -2.37. The predicted octanol–water partition coefficient (Wildman–Crippen LogP) is 2.54. The van der Waals surface area contributed by atoms with Gasteiger partial charge in [-0.25, -0.2) is 0 Å². The second-order valence-electron chi connectivity index (χ2n) is 4.72. The van der Waals surface area contributed by atoms with Crippen molar-refractivity contribution >= 4 is 15.9 Å². The van der Waals surface area contributed by atoms with Crippen LogP contribution in [0.5, 0.6) is 0 Å². The van der Waals surface area contributed by atoms with E-state index in [0.29, 0.717) is 16.9 Å². The summed E-state index contributed by atoms with van der Waals surface area (Å²) in [6.07, 6.45) is 1.45. The third kappa shape index (κ3) is 1.55. The first-order valence-corrected chi connectivity index (χ1v) is 6.45. The molecule has 17 heavy (non-hydrogen) atoms. The Kier molecular flexibility index (Phi) is 2.54. The Morgan fingerprint density at radius 3 is 2.82 bits per heavy atom.